The van der Waals surface area contributed by atoms with Crippen molar-refractivity contribution >= 4 is 46.2 Å². The summed E-state index contributed by atoms with van der Waals surface area (Å²) in [4.78, 5) is 0. The standard InChI is InChI=1S/C11H12N4S4/c1-6-12-14-8(16-6)18-10-3-11(4-10,5-10)19-9-15-13-7(2)17-9/h3-5H2,1-2H3. The highest BCUT2D eigenvalue weighted by Crippen LogP contribution is 2.75. The van der Waals surface area contributed by atoms with Crippen molar-refractivity contribution in [2.24, 2.45) is 0 Å². The first-order valence-corrected chi connectivity index (χ1v) is 9.31. The van der Waals surface area contributed by atoms with Crippen LogP contribution in [0.1, 0.15) is 29.3 Å². The van der Waals surface area contributed by atoms with E-state index in [4.69, 9.17) is 0 Å². The van der Waals surface area contributed by atoms with E-state index in [-0.39, 0.29) is 0 Å². The van der Waals surface area contributed by atoms with Gasteiger partial charge in [-0.05, 0) is 33.1 Å². The van der Waals surface area contributed by atoms with Crippen molar-refractivity contribution in [1.29, 1.82) is 0 Å². The van der Waals surface area contributed by atoms with Gasteiger partial charge in [0.2, 0.25) is 0 Å². The highest BCUT2D eigenvalue weighted by molar-refractivity contribution is 8.04. The van der Waals surface area contributed by atoms with Crippen LogP contribution in [-0.2, 0) is 0 Å². The van der Waals surface area contributed by atoms with Crippen LogP contribution in [0.3, 0.4) is 0 Å². The summed E-state index contributed by atoms with van der Waals surface area (Å²) in [7, 11) is 0. The molecule has 8 heteroatoms. The van der Waals surface area contributed by atoms with Gasteiger partial charge in [-0.3, -0.25) is 0 Å². The number of aryl methyl sites for hydroxylation is 2. The van der Waals surface area contributed by atoms with Crippen LogP contribution in [0.4, 0.5) is 0 Å². The Kier molecular flexibility index (Phi) is 2.75. The molecule has 4 nitrogen and oxygen atoms in total. The van der Waals surface area contributed by atoms with Crippen LogP contribution in [0.5, 0.6) is 0 Å². The van der Waals surface area contributed by atoms with Crippen molar-refractivity contribution in [3.05, 3.63) is 10.0 Å². The van der Waals surface area contributed by atoms with Gasteiger partial charge in [-0.15, -0.1) is 20.4 Å². The molecule has 2 bridgehead atoms. The zero-order valence-electron chi connectivity index (χ0n) is 10.5. The first-order valence-electron chi connectivity index (χ1n) is 6.05. The van der Waals surface area contributed by atoms with Gasteiger partial charge in [0, 0.05) is 9.49 Å². The largest absolute Gasteiger partial charge is 0.174 e. The molecule has 0 amide bonds. The average Bonchev–Trinajstić information content (AvgIpc) is 2.83. The maximum absolute atomic E-state index is 4.22. The lowest BCUT2D eigenvalue weighted by molar-refractivity contribution is 0.0976. The van der Waals surface area contributed by atoms with Gasteiger partial charge in [0.05, 0.1) is 0 Å². The molecule has 3 fully saturated rings. The van der Waals surface area contributed by atoms with Crippen LogP contribution in [0.25, 0.3) is 0 Å². The van der Waals surface area contributed by atoms with Crippen LogP contribution >= 0.6 is 46.2 Å². The molecule has 0 N–H and O–H groups in total. The molecule has 0 saturated heterocycles. The van der Waals surface area contributed by atoms with E-state index in [0.29, 0.717) is 9.49 Å². The summed E-state index contributed by atoms with van der Waals surface area (Å²) >= 11 is 7.28. The van der Waals surface area contributed by atoms with Crippen molar-refractivity contribution in [2.75, 3.05) is 0 Å². The molecule has 3 aliphatic rings. The van der Waals surface area contributed by atoms with Gasteiger partial charge in [-0.2, -0.15) is 0 Å². The zero-order valence-corrected chi connectivity index (χ0v) is 13.8. The van der Waals surface area contributed by atoms with E-state index < -0.39 is 0 Å². The highest BCUT2D eigenvalue weighted by atomic mass is 32.2. The molecule has 100 valence electrons. The molecule has 0 radical (unpaired) electrons. The van der Waals surface area contributed by atoms with Gasteiger partial charge in [0.15, 0.2) is 8.68 Å². The number of nitrogens with zero attached hydrogens (tertiary/aromatic N) is 4. The minimum Gasteiger partial charge on any atom is -0.143 e. The topological polar surface area (TPSA) is 51.6 Å². The van der Waals surface area contributed by atoms with Gasteiger partial charge in [-0.1, -0.05) is 46.2 Å². The molecule has 0 spiro atoms. The second-order valence-corrected chi connectivity index (χ2v) is 11.1. The molecule has 0 aliphatic heterocycles. The third-order valence-corrected chi connectivity index (χ3v) is 8.07. The summed E-state index contributed by atoms with van der Waals surface area (Å²) in [5.41, 5.74) is 0. The van der Waals surface area contributed by atoms with E-state index in [1.165, 1.54) is 19.3 Å². The van der Waals surface area contributed by atoms with E-state index in [0.717, 1.165) is 18.7 Å². The fraction of sp³-hybridized carbons (Fsp3) is 0.636. The molecular weight excluding hydrogens is 316 g/mol. The Labute approximate surface area is 127 Å². The lowest BCUT2D eigenvalue weighted by atomic mass is 9.54. The molecule has 2 aromatic heterocycles. The summed E-state index contributed by atoms with van der Waals surface area (Å²) < 4.78 is 3.14. The molecule has 0 atom stereocenters. The lowest BCUT2D eigenvalue weighted by Crippen LogP contribution is -2.68. The third-order valence-electron chi connectivity index (χ3n) is 3.56. The van der Waals surface area contributed by atoms with Crippen LogP contribution in [0.2, 0.25) is 0 Å². The predicted molar refractivity (Wildman–Crippen MR) is 80.3 cm³/mol. The summed E-state index contributed by atoms with van der Waals surface area (Å²) in [6.07, 6.45) is 3.81. The molecule has 3 aliphatic carbocycles. The molecule has 5 rings (SSSR count). The Morgan fingerprint density at radius 3 is 1.53 bits per heavy atom. The summed E-state index contributed by atoms with van der Waals surface area (Å²) in [6, 6.07) is 0. The second kappa shape index (κ2) is 4.16. The van der Waals surface area contributed by atoms with Gasteiger partial charge in [-0.25, -0.2) is 0 Å². The monoisotopic (exact) mass is 328 g/mol. The van der Waals surface area contributed by atoms with E-state index in [1.807, 2.05) is 37.4 Å². The van der Waals surface area contributed by atoms with Crippen LogP contribution < -0.4 is 0 Å². The first-order chi connectivity index (χ1) is 9.07. The smallest absolute Gasteiger partial charge is 0.143 e. The fourth-order valence-electron chi connectivity index (χ4n) is 2.83. The fourth-order valence-corrected chi connectivity index (χ4v) is 9.05. The Hall–Kier alpha value is -0.180. The lowest BCUT2D eigenvalue weighted by Gasteiger charge is -2.68. The predicted octanol–water partition coefficient (Wildman–Crippen LogP) is 3.57. The Morgan fingerprint density at radius 1 is 0.789 bits per heavy atom. The van der Waals surface area contributed by atoms with Crippen molar-refractivity contribution in [3.8, 4) is 0 Å². The van der Waals surface area contributed by atoms with Crippen LogP contribution in [-0.4, -0.2) is 29.9 Å². The van der Waals surface area contributed by atoms with E-state index >= 15 is 0 Å². The van der Waals surface area contributed by atoms with Crippen molar-refractivity contribution in [1.82, 2.24) is 20.4 Å². The summed E-state index contributed by atoms with van der Waals surface area (Å²) in [5, 5.41) is 18.7. The molecular formula is C11H12N4S4. The Morgan fingerprint density at radius 2 is 1.21 bits per heavy atom. The van der Waals surface area contributed by atoms with Gasteiger partial charge in [0.1, 0.15) is 10.0 Å². The highest BCUT2D eigenvalue weighted by Gasteiger charge is 2.69. The minimum atomic E-state index is 0.443. The molecule has 3 saturated carbocycles. The number of rotatable bonds is 4. The summed E-state index contributed by atoms with van der Waals surface area (Å²) in [5.74, 6) is 0. The SMILES string of the molecule is Cc1nnc(SC23CC(Sc4nnc(C)s4)(C2)C3)s1. The maximum Gasteiger partial charge on any atom is 0.174 e. The van der Waals surface area contributed by atoms with E-state index in [1.54, 1.807) is 22.7 Å². The molecule has 0 unspecified atom stereocenters. The van der Waals surface area contributed by atoms with Crippen LogP contribution in [0.15, 0.2) is 8.68 Å². The van der Waals surface area contributed by atoms with Gasteiger partial charge in [0.25, 0.3) is 0 Å². The average molecular weight is 329 g/mol. The number of aromatic nitrogens is 4. The zero-order chi connectivity index (χ0) is 13.1. The van der Waals surface area contributed by atoms with Gasteiger partial charge < -0.3 is 0 Å². The molecule has 2 heterocycles. The number of hydrogen-bond acceptors (Lipinski definition) is 8. The Bertz CT molecular complexity index is 562. The number of hydrogen-bond donors (Lipinski definition) is 0. The summed E-state index contributed by atoms with van der Waals surface area (Å²) in [6.45, 7) is 4.03. The number of thioether (sulfide) groups is 2. The molecule has 19 heavy (non-hydrogen) atoms. The van der Waals surface area contributed by atoms with Gasteiger partial charge >= 0.3 is 0 Å². The minimum absolute atomic E-state index is 0.443. The molecule has 0 aromatic carbocycles. The van der Waals surface area contributed by atoms with Crippen molar-refractivity contribution in [2.45, 2.75) is 51.3 Å². The maximum atomic E-state index is 4.22. The van der Waals surface area contributed by atoms with Crippen molar-refractivity contribution < 1.29 is 0 Å². The normalized spacial score (nSPS) is 31.9. The van der Waals surface area contributed by atoms with Crippen molar-refractivity contribution in [3.63, 3.8) is 0 Å². The van der Waals surface area contributed by atoms with E-state index in [9.17, 15) is 0 Å². The van der Waals surface area contributed by atoms with E-state index in [2.05, 4.69) is 20.4 Å². The first kappa shape index (κ1) is 12.6. The Balaban J connectivity index is 1.38. The van der Waals surface area contributed by atoms with Crippen LogP contribution in [0, 0.1) is 13.8 Å². The third kappa shape index (κ3) is 2.12. The molecule has 2 aromatic rings. The second-order valence-electron chi connectivity index (χ2n) is 5.27. The quantitative estimate of drug-likeness (QED) is 0.855.